The van der Waals surface area contributed by atoms with Gasteiger partial charge in [-0.15, -0.1) is 0 Å². The fraction of sp³-hybridized carbons (Fsp3) is 0.444. The summed E-state index contributed by atoms with van der Waals surface area (Å²) >= 11 is 1.57. The van der Waals surface area contributed by atoms with Gasteiger partial charge < -0.3 is 5.11 Å². The summed E-state index contributed by atoms with van der Waals surface area (Å²) in [6.45, 7) is 13.4. The number of phenols is 1. The second kappa shape index (κ2) is 9.32. The Bertz CT molecular complexity index is 966. The lowest BCUT2D eigenvalue weighted by Gasteiger charge is -2.29. The molecule has 0 saturated carbocycles. The van der Waals surface area contributed by atoms with Gasteiger partial charge in [-0.05, 0) is 46.6 Å². The Balaban J connectivity index is 1.94. The van der Waals surface area contributed by atoms with Gasteiger partial charge in [-0.25, -0.2) is 10.0 Å². The Morgan fingerprint density at radius 1 is 1.03 bits per heavy atom. The van der Waals surface area contributed by atoms with Crippen LogP contribution in [0.2, 0.25) is 0 Å². The zero-order valence-electron chi connectivity index (χ0n) is 20.4. The summed E-state index contributed by atoms with van der Waals surface area (Å²) in [7, 11) is 1.97. The molecule has 1 saturated heterocycles. The molecule has 0 atom stereocenters. The van der Waals surface area contributed by atoms with Gasteiger partial charge in [0, 0.05) is 24.7 Å². The van der Waals surface area contributed by atoms with Gasteiger partial charge in [0.15, 0.2) is 0 Å². The number of carbonyl (C=O) groups excluding carboxylic acids is 1. The topological polar surface area (TPSA) is 43.8 Å². The summed E-state index contributed by atoms with van der Waals surface area (Å²) < 4.78 is 0. The van der Waals surface area contributed by atoms with Crippen molar-refractivity contribution in [1.29, 1.82) is 0 Å². The van der Waals surface area contributed by atoms with Crippen LogP contribution in [0, 0.1) is 0 Å². The molecule has 0 unspecified atom stereocenters. The maximum Gasteiger partial charge on any atom is 0.252 e. The highest BCUT2D eigenvalue weighted by Crippen LogP contribution is 2.41. The van der Waals surface area contributed by atoms with Crippen LogP contribution < -0.4 is 0 Å². The van der Waals surface area contributed by atoms with Crippen molar-refractivity contribution in [2.75, 3.05) is 19.3 Å². The molecular formula is C27H36N2O2S. The van der Waals surface area contributed by atoms with Crippen LogP contribution in [0.5, 0.6) is 5.75 Å². The van der Waals surface area contributed by atoms with Crippen molar-refractivity contribution in [1.82, 2.24) is 10.0 Å². The molecule has 0 spiro atoms. The maximum absolute atomic E-state index is 12.7. The highest BCUT2D eigenvalue weighted by atomic mass is 32.2. The van der Waals surface area contributed by atoms with Crippen LogP contribution in [0.3, 0.4) is 0 Å². The summed E-state index contributed by atoms with van der Waals surface area (Å²) in [6, 6.07) is 14.5. The summed E-state index contributed by atoms with van der Waals surface area (Å²) in [6.07, 6.45) is 2.96. The molecule has 0 aromatic heterocycles. The number of hydrazine groups is 1. The van der Waals surface area contributed by atoms with Crippen LogP contribution >= 0.6 is 11.8 Å². The van der Waals surface area contributed by atoms with Gasteiger partial charge >= 0.3 is 0 Å². The number of benzene rings is 2. The fourth-order valence-corrected chi connectivity index (χ4v) is 4.88. The Hall–Kier alpha value is -2.24. The minimum atomic E-state index is -0.191. The molecule has 4 nitrogen and oxygen atoms in total. The molecule has 1 aliphatic heterocycles. The zero-order valence-corrected chi connectivity index (χ0v) is 21.2. The molecule has 0 radical (unpaired) electrons. The second-order valence-corrected chi connectivity index (χ2v) is 11.6. The highest BCUT2D eigenvalue weighted by molar-refractivity contribution is 8.04. The predicted octanol–water partition coefficient (Wildman–Crippen LogP) is 5.95. The van der Waals surface area contributed by atoms with Crippen molar-refractivity contribution in [3.8, 4) is 5.75 Å². The Labute approximate surface area is 197 Å². The van der Waals surface area contributed by atoms with Crippen molar-refractivity contribution in [3.05, 3.63) is 69.7 Å². The summed E-state index contributed by atoms with van der Waals surface area (Å²) in [5.41, 5.74) is 3.74. The number of rotatable bonds is 5. The Morgan fingerprint density at radius 3 is 2.12 bits per heavy atom. The number of hydrogen-bond donors (Lipinski definition) is 1. The van der Waals surface area contributed by atoms with Crippen LogP contribution in [0.15, 0.2) is 47.5 Å². The first-order valence-corrected chi connectivity index (χ1v) is 12.2. The Morgan fingerprint density at radius 2 is 1.59 bits per heavy atom. The number of phenolic OH excluding ortho intramolecular Hbond substituents is 1. The lowest BCUT2D eigenvalue weighted by atomic mass is 9.78. The van der Waals surface area contributed by atoms with Gasteiger partial charge in [-0.2, -0.15) is 0 Å². The van der Waals surface area contributed by atoms with E-state index in [1.54, 1.807) is 16.8 Å². The normalized spacial score (nSPS) is 16.4. The Kier molecular flexibility index (Phi) is 7.11. The molecule has 2 aromatic carbocycles. The van der Waals surface area contributed by atoms with Crippen LogP contribution in [-0.4, -0.2) is 40.4 Å². The van der Waals surface area contributed by atoms with Crippen molar-refractivity contribution >= 4 is 23.7 Å². The first-order valence-electron chi connectivity index (χ1n) is 11.2. The summed E-state index contributed by atoms with van der Waals surface area (Å²) in [4.78, 5) is 12.7. The molecular weight excluding hydrogens is 416 g/mol. The molecule has 2 aromatic rings. The standard InChI is InChI=1S/C27H36N2O2S/c1-26(2,3)21-15-20(16-22(25(21)31)27(4,5)6)17-24-29(23(30)18-32-24)28(7)14-13-19-11-9-8-10-12-19/h8-12,15-17,31H,13-14,18H2,1-7H3. The number of amides is 1. The van der Waals surface area contributed by atoms with Gasteiger partial charge in [0.1, 0.15) is 5.75 Å². The minimum Gasteiger partial charge on any atom is -0.507 e. The quantitative estimate of drug-likeness (QED) is 0.609. The minimum absolute atomic E-state index is 0.0997. The lowest BCUT2D eigenvalue weighted by Crippen LogP contribution is -2.41. The average Bonchev–Trinajstić information content (AvgIpc) is 3.06. The third-order valence-electron chi connectivity index (χ3n) is 5.74. The highest BCUT2D eigenvalue weighted by Gasteiger charge is 2.31. The average molecular weight is 453 g/mol. The van der Waals surface area contributed by atoms with E-state index in [4.69, 9.17) is 0 Å². The van der Waals surface area contributed by atoms with Crippen LogP contribution in [0.4, 0.5) is 0 Å². The molecule has 172 valence electrons. The largest absolute Gasteiger partial charge is 0.507 e. The van der Waals surface area contributed by atoms with E-state index in [0.717, 1.165) is 34.7 Å². The number of thioether (sulfide) groups is 1. The van der Waals surface area contributed by atoms with E-state index >= 15 is 0 Å². The van der Waals surface area contributed by atoms with Gasteiger partial charge in [0.2, 0.25) is 0 Å². The second-order valence-electron chi connectivity index (χ2n) is 10.6. The molecule has 3 rings (SSSR count). The summed E-state index contributed by atoms with van der Waals surface area (Å²) in [5.74, 6) is 0.916. The molecule has 0 aliphatic carbocycles. The number of carbonyl (C=O) groups is 1. The SMILES string of the molecule is CN(CCc1ccccc1)N1C(=O)CSC1=Cc1cc(C(C)(C)C)c(O)c(C(C)(C)C)c1. The number of likely N-dealkylation sites (N-methyl/N-ethyl adjacent to an activating group) is 1. The van der Waals surface area contributed by atoms with Crippen molar-refractivity contribution in [3.63, 3.8) is 0 Å². The first kappa shape index (κ1) is 24.4. The smallest absolute Gasteiger partial charge is 0.252 e. The van der Waals surface area contributed by atoms with E-state index in [-0.39, 0.29) is 16.7 Å². The van der Waals surface area contributed by atoms with Crippen LogP contribution in [-0.2, 0) is 22.0 Å². The monoisotopic (exact) mass is 452 g/mol. The van der Waals surface area contributed by atoms with Gasteiger partial charge in [0.05, 0.1) is 10.8 Å². The lowest BCUT2D eigenvalue weighted by molar-refractivity contribution is -0.136. The molecule has 1 amide bonds. The van der Waals surface area contributed by atoms with Crippen molar-refractivity contribution < 1.29 is 9.90 Å². The number of nitrogens with zero attached hydrogens (tertiary/aromatic N) is 2. The van der Waals surface area contributed by atoms with Crippen molar-refractivity contribution in [2.24, 2.45) is 0 Å². The zero-order chi connectivity index (χ0) is 23.7. The third-order valence-corrected chi connectivity index (χ3v) is 6.71. The van der Waals surface area contributed by atoms with Crippen LogP contribution in [0.1, 0.15) is 63.8 Å². The van der Waals surface area contributed by atoms with Gasteiger partial charge in [-0.1, -0.05) is 83.6 Å². The molecule has 0 bridgehead atoms. The molecule has 5 heteroatoms. The first-order chi connectivity index (χ1) is 14.9. The van der Waals surface area contributed by atoms with E-state index < -0.39 is 0 Å². The number of hydrogen-bond acceptors (Lipinski definition) is 4. The fourth-order valence-electron chi connectivity index (χ4n) is 3.90. The predicted molar refractivity (Wildman–Crippen MR) is 136 cm³/mol. The molecule has 1 N–H and O–H groups in total. The molecule has 1 heterocycles. The molecule has 32 heavy (non-hydrogen) atoms. The molecule has 1 fully saturated rings. The van der Waals surface area contributed by atoms with Crippen molar-refractivity contribution in [2.45, 2.75) is 58.8 Å². The van der Waals surface area contributed by atoms with Gasteiger partial charge in [0.25, 0.3) is 5.91 Å². The van der Waals surface area contributed by atoms with Gasteiger partial charge in [-0.3, -0.25) is 4.79 Å². The summed E-state index contributed by atoms with van der Waals surface area (Å²) in [5, 5.41) is 15.7. The van der Waals surface area contributed by atoms with E-state index in [1.807, 2.05) is 30.3 Å². The number of aromatic hydroxyl groups is 1. The maximum atomic E-state index is 12.7. The van der Waals surface area contributed by atoms with E-state index in [2.05, 4.69) is 71.9 Å². The third kappa shape index (κ3) is 5.57. The van der Waals surface area contributed by atoms with E-state index in [0.29, 0.717) is 11.5 Å². The van der Waals surface area contributed by atoms with E-state index in [9.17, 15) is 9.90 Å². The van der Waals surface area contributed by atoms with Crippen LogP contribution in [0.25, 0.3) is 6.08 Å². The van der Waals surface area contributed by atoms with E-state index in [1.165, 1.54) is 5.56 Å². The molecule has 1 aliphatic rings.